The van der Waals surface area contributed by atoms with Crippen molar-refractivity contribution < 1.29 is 9.90 Å². The van der Waals surface area contributed by atoms with Gasteiger partial charge in [-0.15, -0.1) is 0 Å². The molecule has 1 heterocycles. The quantitative estimate of drug-likeness (QED) is 0.880. The number of likely N-dealkylation sites (N-methyl/N-ethyl adjacent to an activating group) is 1. The van der Waals surface area contributed by atoms with Gasteiger partial charge in [0.2, 0.25) is 5.91 Å². The van der Waals surface area contributed by atoms with Crippen LogP contribution in [-0.4, -0.2) is 35.2 Å². The highest BCUT2D eigenvalue weighted by Gasteiger charge is 2.41. The molecule has 1 aromatic carbocycles. The molecule has 0 saturated carbocycles. The van der Waals surface area contributed by atoms with Gasteiger partial charge in [0.15, 0.2) is 0 Å². The smallest absolute Gasteiger partial charge is 0.241 e. The predicted octanol–water partition coefficient (Wildman–Crippen LogP) is 1.52. The molecule has 2 N–H and O–H groups in total. The van der Waals surface area contributed by atoms with Crippen molar-refractivity contribution in [1.29, 1.82) is 0 Å². The van der Waals surface area contributed by atoms with Gasteiger partial charge in [0.1, 0.15) is 0 Å². The Labute approximate surface area is 120 Å². The molecule has 4 heteroatoms. The number of rotatable bonds is 3. The van der Waals surface area contributed by atoms with E-state index in [4.69, 9.17) is 5.11 Å². The Bertz CT molecular complexity index is 476. The molecule has 1 saturated heterocycles. The third kappa shape index (κ3) is 3.02. The second-order valence-electron chi connectivity index (χ2n) is 6.62. The molecule has 20 heavy (non-hydrogen) atoms. The zero-order valence-electron chi connectivity index (χ0n) is 12.7. The van der Waals surface area contributed by atoms with E-state index in [2.05, 4.69) is 26.1 Å². The molecule has 4 nitrogen and oxygen atoms in total. The molecule has 1 fully saturated rings. The van der Waals surface area contributed by atoms with Crippen molar-refractivity contribution in [2.45, 2.75) is 46.0 Å². The van der Waals surface area contributed by atoms with Crippen LogP contribution in [0.1, 0.15) is 31.9 Å². The second kappa shape index (κ2) is 5.54. The minimum Gasteiger partial charge on any atom is -0.392 e. The van der Waals surface area contributed by atoms with Gasteiger partial charge < -0.3 is 10.0 Å². The van der Waals surface area contributed by atoms with Gasteiger partial charge >= 0.3 is 0 Å². The first-order valence-electron chi connectivity index (χ1n) is 7.04. The number of carbonyl (C=O) groups excluding carboxylic acids is 1. The summed E-state index contributed by atoms with van der Waals surface area (Å²) in [6.45, 7) is 6.45. The average molecular weight is 276 g/mol. The first kappa shape index (κ1) is 15.0. The fourth-order valence-corrected chi connectivity index (χ4v) is 2.74. The molecule has 0 spiro atoms. The predicted molar refractivity (Wildman–Crippen MR) is 79.0 cm³/mol. The Kier molecular flexibility index (Phi) is 4.16. The van der Waals surface area contributed by atoms with Crippen molar-refractivity contribution in [3.63, 3.8) is 0 Å². The summed E-state index contributed by atoms with van der Waals surface area (Å²) in [5.74, 6) is 0.149. The number of benzene rings is 1. The van der Waals surface area contributed by atoms with E-state index in [1.807, 2.05) is 36.2 Å². The number of carbonyl (C=O) groups is 1. The van der Waals surface area contributed by atoms with Crippen LogP contribution >= 0.6 is 0 Å². The molecule has 0 aliphatic carbocycles. The highest BCUT2D eigenvalue weighted by molar-refractivity contribution is 5.84. The van der Waals surface area contributed by atoms with Gasteiger partial charge in [-0.1, -0.05) is 45.0 Å². The first-order valence-corrected chi connectivity index (χ1v) is 7.04. The molecule has 1 aliphatic rings. The fourth-order valence-electron chi connectivity index (χ4n) is 2.74. The first-order chi connectivity index (χ1) is 9.32. The lowest BCUT2D eigenvalue weighted by Crippen LogP contribution is -2.45. The summed E-state index contributed by atoms with van der Waals surface area (Å²) in [5.41, 5.74) is 2.01. The van der Waals surface area contributed by atoms with Crippen molar-refractivity contribution in [3.05, 3.63) is 35.4 Å². The number of aliphatic hydroxyl groups is 1. The summed E-state index contributed by atoms with van der Waals surface area (Å²) in [5, 5.41) is 12.5. The molecule has 1 amide bonds. The monoisotopic (exact) mass is 276 g/mol. The largest absolute Gasteiger partial charge is 0.392 e. The Morgan fingerprint density at radius 1 is 1.20 bits per heavy atom. The molecule has 1 aliphatic heterocycles. The van der Waals surface area contributed by atoms with Crippen molar-refractivity contribution >= 4 is 5.91 Å². The topological polar surface area (TPSA) is 52.6 Å². The van der Waals surface area contributed by atoms with E-state index in [0.29, 0.717) is 6.42 Å². The van der Waals surface area contributed by atoms with Gasteiger partial charge in [0.05, 0.1) is 18.8 Å². The van der Waals surface area contributed by atoms with Crippen LogP contribution in [0.25, 0.3) is 0 Å². The maximum atomic E-state index is 12.3. The minimum atomic E-state index is -0.163. The van der Waals surface area contributed by atoms with Crippen LogP contribution in [-0.2, 0) is 17.8 Å². The van der Waals surface area contributed by atoms with Gasteiger partial charge in [-0.25, -0.2) is 0 Å². The maximum Gasteiger partial charge on any atom is 0.241 e. The van der Waals surface area contributed by atoms with Gasteiger partial charge in [-0.3, -0.25) is 10.1 Å². The summed E-state index contributed by atoms with van der Waals surface area (Å²) < 4.78 is 0. The lowest BCUT2D eigenvalue weighted by Gasteiger charge is -2.32. The van der Waals surface area contributed by atoms with E-state index in [-0.39, 0.29) is 30.1 Å². The average Bonchev–Trinajstić information content (AvgIpc) is 2.68. The summed E-state index contributed by atoms with van der Waals surface area (Å²) in [6.07, 6.45) is 0.748. The second-order valence-corrected chi connectivity index (χ2v) is 6.62. The third-order valence-corrected chi connectivity index (χ3v) is 3.86. The summed E-state index contributed by atoms with van der Waals surface area (Å²) in [7, 11) is 1.86. The Morgan fingerprint density at radius 2 is 1.75 bits per heavy atom. The molecule has 0 aromatic heterocycles. The van der Waals surface area contributed by atoms with Crippen LogP contribution in [0, 0.1) is 5.41 Å². The van der Waals surface area contributed by atoms with Crippen molar-refractivity contribution in [2.24, 2.45) is 5.41 Å². The van der Waals surface area contributed by atoms with Crippen molar-refractivity contribution in [1.82, 2.24) is 10.2 Å². The standard InChI is InChI=1S/C16H24N2O2/c1-16(2,3)15-17-13(14(20)18(15)4)9-11-5-7-12(10-19)8-6-11/h5-8,13,15,17,19H,9-10H2,1-4H3/t13-,15-/m1/s1. The fraction of sp³-hybridized carbons (Fsp3) is 0.562. The lowest BCUT2D eigenvalue weighted by molar-refractivity contribution is -0.129. The molecule has 0 bridgehead atoms. The number of hydrogen-bond acceptors (Lipinski definition) is 3. The number of nitrogens with one attached hydrogen (secondary N) is 1. The van der Waals surface area contributed by atoms with E-state index in [9.17, 15) is 4.79 Å². The summed E-state index contributed by atoms with van der Waals surface area (Å²) in [4.78, 5) is 14.1. The molecule has 0 radical (unpaired) electrons. The SMILES string of the molecule is CN1C(=O)[C@@H](Cc2ccc(CO)cc2)N[C@H]1C(C)(C)C. The highest BCUT2D eigenvalue weighted by atomic mass is 16.3. The Balaban J connectivity index is 2.08. The van der Waals surface area contributed by atoms with Gasteiger partial charge in [0, 0.05) is 7.05 Å². The van der Waals surface area contributed by atoms with Crippen LogP contribution in [0.15, 0.2) is 24.3 Å². The molecular weight excluding hydrogens is 252 g/mol. The van der Waals surface area contributed by atoms with E-state index in [1.165, 1.54) is 0 Å². The van der Waals surface area contributed by atoms with Crippen LogP contribution in [0.5, 0.6) is 0 Å². The van der Waals surface area contributed by atoms with Crippen LogP contribution in [0.2, 0.25) is 0 Å². The summed E-state index contributed by atoms with van der Waals surface area (Å²) >= 11 is 0. The Hall–Kier alpha value is -1.39. The van der Waals surface area contributed by atoms with Gasteiger partial charge in [0.25, 0.3) is 0 Å². The minimum absolute atomic E-state index is 0.0138. The van der Waals surface area contributed by atoms with Crippen LogP contribution in [0.3, 0.4) is 0 Å². The zero-order chi connectivity index (χ0) is 14.9. The molecule has 0 unspecified atom stereocenters. The van der Waals surface area contributed by atoms with Gasteiger partial charge in [-0.2, -0.15) is 0 Å². The van der Waals surface area contributed by atoms with E-state index < -0.39 is 0 Å². The molecular formula is C16H24N2O2. The number of hydrogen-bond donors (Lipinski definition) is 2. The number of nitrogens with zero attached hydrogens (tertiary/aromatic N) is 1. The van der Waals surface area contributed by atoms with Crippen LogP contribution in [0.4, 0.5) is 0 Å². The van der Waals surface area contributed by atoms with E-state index in [1.54, 1.807) is 0 Å². The van der Waals surface area contributed by atoms with Crippen LogP contribution < -0.4 is 5.32 Å². The van der Waals surface area contributed by atoms with Gasteiger partial charge in [-0.05, 0) is 23.0 Å². The summed E-state index contributed by atoms with van der Waals surface area (Å²) in [6, 6.07) is 7.60. The lowest BCUT2D eigenvalue weighted by atomic mass is 9.92. The third-order valence-electron chi connectivity index (χ3n) is 3.86. The van der Waals surface area contributed by atoms with E-state index >= 15 is 0 Å². The van der Waals surface area contributed by atoms with Crippen molar-refractivity contribution in [2.75, 3.05) is 7.05 Å². The van der Waals surface area contributed by atoms with Crippen molar-refractivity contribution in [3.8, 4) is 0 Å². The Morgan fingerprint density at radius 3 is 2.20 bits per heavy atom. The number of aliphatic hydroxyl groups excluding tert-OH is 1. The maximum absolute atomic E-state index is 12.3. The molecule has 1 aromatic rings. The highest BCUT2D eigenvalue weighted by Crippen LogP contribution is 2.27. The molecule has 2 rings (SSSR count). The normalized spacial score (nSPS) is 23.4. The zero-order valence-corrected chi connectivity index (χ0v) is 12.7. The van der Waals surface area contributed by atoms with E-state index in [0.717, 1.165) is 11.1 Å². The number of amides is 1. The molecule has 2 atom stereocenters. The molecule has 110 valence electrons.